The van der Waals surface area contributed by atoms with Crippen LogP contribution in [0.5, 0.6) is 0 Å². The first kappa shape index (κ1) is 25.7. The van der Waals surface area contributed by atoms with Crippen LogP contribution in [0.15, 0.2) is 85.1 Å². The molecule has 1 amide bonds. The minimum atomic E-state index is -0.117. The maximum absolute atomic E-state index is 12.9. The predicted molar refractivity (Wildman–Crippen MR) is 156 cm³/mol. The summed E-state index contributed by atoms with van der Waals surface area (Å²) in [5.41, 5.74) is 7.65. The number of carbonyl (C=O) groups is 1. The Kier molecular flexibility index (Phi) is 7.56. The fourth-order valence-corrected chi connectivity index (χ4v) is 5.60. The summed E-state index contributed by atoms with van der Waals surface area (Å²) in [4.78, 5) is 19.7. The van der Waals surface area contributed by atoms with E-state index >= 15 is 0 Å². The van der Waals surface area contributed by atoms with Crippen molar-refractivity contribution in [3.8, 4) is 0 Å². The van der Waals surface area contributed by atoms with Crippen LogP contribution in [-0.2, 0) is 11.3 Å². The largest absolute Gasteiger partial charge is 0.352 e. The standard InChI is InChI=1S/C31H33N5OS/c1-21-11-7-8-14-26(21)33-28(37)16-18-35-30(29(34-31(35)38)27-15-9-10-17-32-27)25-19-22(2)36(23(25)3)20-24-12-5-4-6-13-24/h4-15,17,19,29-30H,16,18,20H2,1-3H3,(H,33,37)(H,34,38)/t29-,30-/m1/s1. The molecule has 3 heterocycles. The fourth-order valence-electron chi connectivity index (χ4n) is 5.27. The van der Waals surface area contributed by atoms with Crippen molar-refractivity contribution in [3.63, 3.8) is 0 Å². The van der Waals surface area contributed by atoms with Crippen molar-refractivity contribution in [1.82, 2.24) is 19.8 Å². The Balaban J connectivity index is 1.43. The van der Waals surface area contributed by atoms with E-state index in [1.165, 1.54) is 22.5 Å². The molecule has 2 N–H and O–H groups in total. The van der Waals surface area contributed by atoms with Gasteiger partial charge in [-0.1, -0.05) is 54.6 Å². The Morgan fingerprint density at radius 2 is 1.74 bits per heavy atom. The van der Waals surface area contributed by atoms with Crippen LogP contribution in [-0.4, -0.2) is 32.0 Å². The second-order valence-corrected chi connectivity index (χ2v) is 10.2. The van der Waals surface area contributed by atoms with Crippen LogP contribution in [0.1, 0.15) is 52.3 Å². The third-order valence-corrected chi connectivity index (χ3v) is 7.66. The summed E-state index contributed by atoms with van der Waals surface area (Å²) in [5, 5.41) is 7.20. The van der Waals surface area contributed by atoms with Gasteiger partial charge in [0.15, 0.2) is 5.11 Å². The van der Waals surface area contributed by atoms with Crippen molar-refractivity contribution >= 4 is 28.9 Å². The molecule has 2 aromatic heterocycles. The molecule has 1 fully saturated rings. The monoisotopic (exact) mass is 523 g/mol. The zero-order valence-corrected chi connectivity index (χ0v) is 22.8. The summed E-state index contributed by atoms with van der Waals surface area (Å²) in [6, 6.07) is 26.3. The highest BCUT2D eigenvalue weighted by atomic mass is 32.1. The Labute approximate surface area is 229 Å². The van der Waals surface area contributed by atoms with Crippen LogP contribution in [0.25, 0.3) is 0 Å². The summed E-state index contributed by atoms with van der Waals surface area (Å²) in [5.74, 6) is -0.0308. The highest BCUT2D eigenvalue weighted by Gasteiger charge is 2.41. The fraction of sp³-hybridized carbons (Fsp3) is 0.258. The number of aryl methyl sites for hydroxylation is 2. The topological polar surface area (TPSA) is 62.2 Å². The number of thiocarbonyl (C=S) groups is 1. The third kappa shape index (κ3) is 5.34. The molecule has 0 radical (unpaired) electrons. The molecule has 2 atom stereocenters. The first-order chi connectivity index (χ1) is 18.4. The molecule has 6 nitrogen and oxygen atoms in total. The Bertz CT molecular complexity index is 1430. The number of amides is 1. The second kappa shape index (κ2) is 11.2. The van der Waals surface area contributed by atoms with E-state index in [9.17, 15) is 4.79 Å². The predicted octanol–water partition coefficient (Wildman–Crippen LogP) is 5.86. The van der Waals surface area contributed by atoms with Gasteiger partial charge in [-0.3, -0.25) is 9.78 Å². The number of hydrogen-bond donors (Lipinski definition) is 2. The molecule has 7 heteroatoms. The van der Waals surface area contributed by atoms with Gasteiger partial charge in [0.1, 0.15) is 0 Å². The van der Waals surface area contributed by atoms with Gasteiger partial charge in [0.2, 0.25) is 5.91 Å². The van der Waals surface area contributed by atoms with E-state index < -0.39 is 0 Å². The van der Waals surface area contributed by atoms with Gasteiger partial charge < -0.3 is 20.1 Å². The molecule has 0 bridgehead atoms. The Morgan fingerprint density at radius 3 is 2.47 bits per heavy atom. The zero-order chi connectivity index (χ0) is 26.6. The average molecular weight is 524 g/mol. The van der Waals surface area contributed by atoms with Crippen molar-refractivity contribution in [2.24, 2.45) is 0 Å². The molecular formula is C31H33N5OS. The molecule has 194 valence electrons. The quantitative estimate of drug-likeness (QED) is 0.283. The number of nitrogens with zero attached hydrogens (tertiary/aromatic N) is 3. The Morgan fingerprint density at radius 1 is 1.00 bits per heavy atom. The molecule has 0 saturated carbocycles. The van der Waals surface area contributed by atoms with Crippen molar-refractivity contribution in [2.75, 3.05) is 11.9 Å². The number of anilines is 1. The second-order valence-electron chi connectivity index (χ2n) is 9.83. The van der Waals surface area contributed by atoms with E-state index in [1.807, 2.05) is 61.7 Å². The molecule has 4 aromatic rings. The van der Waals surface area contributed by atoms with Gasteiger partial charge in [0.25, 0.3) is 0 Å². The highest BCUT2D eigenvalue weighted by Crippen LogP contribution is 2.41. The van der Waals surface area contributed by atoms with Crippen LogP contribution in [0.3, 0.4) is 0 Å². The first-order valence-electron chi connectivity index (χ1n) is 13.0. The molecule has 2 aromatic carbocycles. The normalized spacial score (nSPS) is 16.9. The van der Waals surface area contributed by atoms with Gasteiger partial charge >= 0.3 is 0 Å². The number of rotatable bonds is 8. The summed E-state index contributed by atoms with van der Waals surface area (Å²) in [6.45, 7) is 7.62. The van der Waals surface area contributed by atoms with Gasteiger partial charge in [0.05, 0.1) is 17.8 Å². The van der Waals surface area contributed by atoms with E-state index in [0.717, 1.165) is 23.5 Å². The van der Waals surface area contributed by atoms with Gasteiger partial charge in [-0.05, 0) is 73.9 Å². The van der Waals surface area contributed by atoms with Crippen molar-refractivity contribution in [2.45, 2.75) is 45.8 Å². The first-order valence-corrected chi connectivity index (χ1v) is 13.4. The average Bonchev–Trinajstić information content (AvgIpc) is 3.40. The summed E-state index contributed by atoms with van der Waals surface area (Å²) in [6.07, 6.45) is 2.14. The van der Waals surface area contributed by atoms with E-state index in [2.05, 4.69) is 69.3 Å². The Hall–Kier alpha value is -3.97. The van der Waals surface area contributed by atoms with E-state index in [1.54, 1.807) is 0 Å². The molecule has 1 aliphatic rings. The van der Waals surface area contributed by atoms with Gasteiger partial charge in [-0.15, -0.1) is 0 Å². The van der Waals surface area contributed by atoms with E-state index in [-0.39, 0.29) is 18.0 Å². The number of aromatic nitrogens is 2. The van der Waals surface area contributed by atoms with Gasteiger partial charge in [0, 0.05) is 42.8 Å². The maximum Gasteiger partial charge on any atom is 0.226 e. The number of nitrogens with one attached hydrogen (secondary N) is 2. The van der Waals surface area contributed by atoms with E-state index in [0.29, 0.717) is 18.1 Å². The van der Waals surface area contributed by atoms with Crippen LogP contribution in [0.4, 0.5) is 5.69 Å². The van der Waals surface area contributed by atoms with Gasteiger partial charge in [-0.25, -0.2) is 0 Å². The lowest BCUT2D eigenvalue weighted by Crippen LogP contribution is -2.33. The van der Waals surface area contributed by atoms with Crippen molar-refractivity contribution in [1.29, 1.82) is 0 Å². The molecule has 1 aliphatic heterocycles. The SMILES string of the molecule is Cc1ccccc1NC(=O)CCN1C(=S)N[C@H](c2ccccn2)[C@H]1c1cc(C)n(Cc2ccccc2)c1C. The van der Waals surface area contributed by atoms with Crippen LogP contribution < -0.4 is 10.6 Å². The number of benzene rings is 2. The lowest BCUT2D eigenvalue weighted by atomic mass is 9.96. The van der Waals surface area contributed by atoms with Crippen LogP contribution in [0, 0.1) is 20.8 Å². The van der Waals surface area contributed by atoms with E-state index in [4.69, 9.17) is 12.2 Å². The van der Waals surface area contributed by atoms with Crippen molar-refractivity contribution in [3.05, 3.63) is 119 Å². The number of para-hydroxylation sites is 1. The highest BCUT2D eigenvalue weighted by molar-refractivity contribution is 7.80. The van der Waals surface area contributed by atoms with Gasteiger partial charge in [-0.2, -0.15) is 0 Å². The third-order valence-electron chi connectivity index (χ3n) is 7.31. The maximum atomic E-state index is 12.9. The van der Waals surface area contributed by atoms with Crippen molar-refractivity contribution < 1.29 is 4.79 Å². The molecule has 1 saturated heterocycles. The summed E-state index contributed by atoms with van der Waals surface area (Å²) in [7, 11) is 0. The summed E-state index contributed by atoms with van der Waals surface area (Å²) < 4.78 is 2.35. The molecule has 0 unspecified atom stereocenters. The molecular weight excluding hydrogens is 490 g/mol. The number of hydrogen-bond acceptors (Lipinski definition) is 3. The summed E-state index contributed by atoms with van der Waals surface area (Å²) >= 11 is 5.83. The lowest BCUT2D eigenvalue weighted by molar-refractivity contribution is -0.116. The van der Waals surface area contributed by atoms with Crippen LogP contribution in [0.2, 0.25) is 0 Å². The number of carbonyl (C=O) groups excluding carboxylic acids is 1. The lowest BCUT2D eigenvalue weighted by Gasteiger charge is -2.28. The minimum absolute atomic E-state index is 0.0308. The molecule has 5 rings (SSSR count). The molecule has 38 heavy (non-hydrogen) atoms. The smallest absolute Gasteiger partial charge is 0.226 e. The zero-order valence-electron chi connectivity index (χ0n) is 22.0. The number of pyridine rings is 1. The molecule has 0 spiro atoms. The molecule has 0 aliphatic carbocycles. The minimum Gasteiger partial charge on any atom is -0.352 e. The van der Waals surface area contributed by atoms with Crippen LogP contribution >= 0.6 is 12.2 Å².